The Bertz CT molecular complexity index is 499. The van der Waals surface area contributed by atoms with Gasteiger partial charge in [-0.25, -0.2) is 5.48 Å². The van der Waals surface area contributed by atoms with Crippen molar-refractivity contribution in [1.29, 1.82) is 0 Å². The van der Waals surface area contributed by atoms with Crippen molar-refractivity contribution in [3.63, 3.8) is 0 Å². The Hall–Kier alpha value is -2.08. The molecule has 0 aliphatic carbocycles. The zero-order valence-electron chi connectivity index (χ0n) is 10.9. The molecule has 2 N–H and O–H groups in total. The molecule has 1 aliphatic rings. The zero-order chi connectivity index (χ0) is 13.8. The first-order valence-corrected chi connectivity index (χ1v) is 6.05. The molecular formula is C13H16N2O4. The van der Waals surface area contributed by atoms with Gasteiger partial charge in [0.15, 0.2) is 6.61 Å². The number of amides is 2. The van der Waals surface area contributed by atoms with Crippen LogP contribution < -0.4 is 15.5 Å². The van der Waals surface area contributed by atoms with E-state index in [0.29, 0.717) is 29.5 Å². The molecule has 0 spiro atoms. The molecule has 0 fully saturated rings. The van der Waals surface area contributed by atoms with Crippen LogP contribution in [0, 0.1) is 5.92 Å². The van der Waals surface area contributed by atoms with Gasteiger partial charge < -0.3 is 10.1 Å². The van der Waals surface area contributed by atoms with Crippen LogP contribution in [0.5, 0.6) is 5.75 Å². The van der Waals surface area contributed by atoms with Crippen molar-refractivity contribution in [2.45, 2.75) is 13.8 Å². The second-order valence-electron chi connectivity index (χ2n) is 4.68. The molecule has 19 heavy (non-hydrogen) atoms. The lowest BCUT2D eigenvalue weighted by molar-refractivity contribution is -0.118. The molecule has 2 amide bonds. The fourth-order valence-electron chi connectivity index (χ4n) is 1.56. The molecule has 0 unspecified atom stereocenters. The number of anilines is 1. The second kappa shape index (κ2) is 5.71. The van der Waals surface area contributed by atoms with Gasteiger partial charge in [-0.3, -0.25) is 14.4 Å². The Morgan fingerprint density at radius 3 is 3.05 bits per heavy atom. The summed E-state index contributed by atoms with van der Waals surface area (Å²) in [6.07, 6.45) is 0. The highest BCUT2D eigenvalue weighted by Crippen LogP contribution is 2.28. The number of benzene rings is 1. The van der Waals surface area contributed by atoms with E-state index in [1.54, 1.807) is 18.2 Å². The SMILES string of the molecule is CC(C)CONC(=O)c1ccc2c(c1)NC(=O)CO2. The van der Waals surface area contributed by atoms with Gasteiger partial charge in [0.2, 0.25) is 0 Å². The fraction of sp³-hybridized carbons (Fsp3) is 0.385. The molecule has 1 aromatic rings. The maximum Gasteiger partial charge on any atom is 0.274 e. The highest BCUT2D eigenvalue weighted by atomic mass is 16.6. The van der Waals surface area contributed by atoms with Crippen LogP contribution in [0.15, 0.2) is 18.2 Å². The largest absolute Gasteiger partial charge is 0.482 e. The Kier molecular flexibility index (Phi) is 4.01. The summed E-state index contributed by atoms with van der Waals surface area (Å²) in [5.41, 5.74) is 3.25. The maximum absolute atomic E-state index is 11.8. The molecule has 102 valence electrons. The van der Waals surface area contributed by atoms with Gasteiger partial charge in [-0.1, -0.05) is 13.8 Å². The number of hydrogen-bond acceptors (Lipinski definition) is 4. The lowest BCUT2D eigenvalue weighted by atomic mass is 10.1. The molecule has 1 aliphatic heterocycles. The molecule has 2 rings (SSSR count). The molecule has 0 bridgehead atoms. The highest BCUT2D eigenvalue weighted by molar-refractivity contribution is 5.99. The van der Waals surface area contributed by atoms with E-state index < -0.39 is 0 Å². The van der Waals surface area contributed by atoms with Crippen LogP contribution >= 0.6 is 0 Å². The minimum Gasteiger partial charge on any atom is -0.482 e. The molecule has 0 saturated heterocycles. The van der Waals surface area contributed by atoms with Crippen LogP contribution in [0.25, 0.3) is 0 Å². The van der Waals surface area contributed by atoms with E-state index in [9.17, 15) is 9.59 Å². The van der Waals surface area contributed by atoms with Gasteiger partial charge in [-0.05, 0) is 24.1 Å². The van der Waals surface area contributed by atoms with E-state index in [1.807, 2.05) is 13.8 Å². The normalized spacial score (nSPS) is 13.5. The fourth-order valence-corrected chi connectivity index (χ4v) is 1.56. The first-order chi connectivity index (χ1) is 9.06. The van der Waals surface area contributed by atoms with Crippen molar-refractivity contribution in [1.82, 2.24) is 5.48 Å². The predicted molar refractivity (Wildman–Crippen MR) is 68.8 cm³/mol. The summed E-state index contributed by atoms with van der Waals surface area (Å²) in [6, 6.07) is 4.82. The molecule has 6 nitrogen and oxygen atoms in total. The molecular weight excluding hydrogens is 248 g/mol. The predicted octanol–water partition coefficient (Wildman–Crippen LogP) is 1.33. The van der Waals surface area contributed by atoms with Crippen molar-refractivity contribution in [3.05, 3.63) is 23.8 Å². The van der Waals surface area contributed by atoms with Gasteiger partial charge in [-0.15, -0.1) is 0 Å². The van der Waals surface area contributed by atoms with Gasteiger partial charge in [0.05, 0.1) is 12.3 Å². The molecule has 0 saturated carbocycles. The van der Waals surface area contributed by atoms with Crippen LogP contribution in [0.1, 0.15) is 24.2 Å². The van der Waals surface area contributed by atoms with Crippen LogP contribution in [0.4, 0.5) is 5.69 Å². The first-order valence-electron chi connectivity index (χ1n) is 6.05. The summed E-state index contributed by atoms with van der Waals surface area (Å²) in [5.74, 6) is 0.292. The lowest BCUT2D eigenvalue weighted by Gasteiger charge is -2.18. The third-order valence-corrected chi connectivity index (χ3v) is 2.46. The van der Waals surface area contributed by atoms with E-state index in [-0.39, 0.29) is 18.4 Å². The van der Waals surface area contributed by atoms with E-state index >= 15 is 0 Å². The Morgan fingerprint density at radius 2 is 2.32 bits per heavy atom. The summed E-state index contributed by atoms with van der Waals surface area (Å²) in [6.45, 7) is 4.41. The number of nitrogens with one attached hydrogen (secondary N) is 2. The number of carbonyl (C=O) groups is 2. The number of ether oxygens (including phenoxy) is 1. The second-order valence-corrected chi connectivity index (χ2v) is 4.68. The average Bonchev–Trinajstić information content (AvgIpc) is 2.37. The molecule has 0 aromatic heterocycles. The van der Waals surface area contributed by atoms with Crippen LogP contribution in [-0.4, -0.2) is 25.0 Å². The summed E-state index contributed by atoms with van der Waals surface area (Å²) in [7, 11) is 0. The maximum atomic E-state index is 11.8. The Balaban J connectivity index is 2.02. The van der Waals surface area contributed by atoms with E-state index in [0.717, 1.165) is 0 Å². The quantitative estimate of drug-likeness (QED) is 0.804. The third kappa shape index (κ3) is 3.45. The number of hydrogen-bond donors (Lipinski definition) is 2. The molecule has 1 heterocycles. The summed E-state index contributed by atoms with van der Waals surface area (Å²) < 4.78 is 5.21. The summed E-state index contributed by atoms with van der Waals surface area (Å²) in [5, 5.41) is 2.64. The van der Waals surface area contributed by atoms with Gasteiger partial charge in [-0.2, -0.15) is 0 Å². The molecule has 1 aromatic carbocycles. The van der Waals surface area contributed by atoms with Crippen molar-refractivity contribution in [3.8, 4) is 5.75 Å². The molecule has 0 radical (unpaired) electrons. The van der Waals surface area contributed by atoms with Gasteiger partial charge in [0.25, 0.3) is 11.8 Å². The Morgan fingerprint density at radius 1 is 1.53 bits per heavy atom. The minimum absolute atomic E-state index is 0.00393. The number of hydroxylamine groups is 1. The highest BCUT2D eigenvalue weighted by Gasteiger charge is 2.17. The van der Waals surface area contributed by atoms with Crippen LogP contribution in [0.2, 0.25) is 0 Å². The number of carbonyl (C=O) groups excluding carboxylic acids is 2. The summed E-state index contributed by atoms with van der Waals surface area (Å²) in [4.78, 5) is 28.1. The summed E-state index contributed by atoms with van der Waals surface area (Å²) >= 11 is 0. The smallest absolute Gasteiger partial charge is 0.274 e. The average molecular weight is 264 g/mol. The Labute approximate surface area is 111 Å². The third-order valence-electron chi connectivity index (χ3n) is 2.46. The van der Waals surface area contributed by atoms with Gasteiger partial charge in [0.1, 0.15) is 5.75 Å². The molecule has 0 atom stereocenters. The zero-order valence-corrected chi connectivity index (χ0v) is 10.9. The topological polar surface area (TPSA) is 76.7 Å². The van der Waals surface area contributed by atoms with E-state index in [1.165, 1.54) is 0 Å². The van der Waals surface area contributed by atoms with E-state index in [4.69, 9.17) is 9.57 Å². The van der Waals surface area contributed by atoms with Gasteiger partial charge in [0, 0.05) is 5.56 Å². The standard InChI is InChI=1S/C13H16N2O4/c1-8(2)6-19-15-13(17)9-3-4-11-10(5-9)14-12(16)7-18-11/h3-5,8H,6-7H2,1-2H3,(H,14,16)(H,15,17). The van der Waals surface area contributed by atoms with Crippen LogP contribution in [0.3, 0.4) is 0 Å². The first kappa shape index (κ1) is 13.4. The van der Waals surface area contributed by atoms with Gasteiger partial charge >= 0.3 is 0 Å². The van der Waals surface area contributed by atoms with Crippen molar-refractivity contribution in [2.24, 2.45) is 5.92 Å². The lowest BCUT2D eigenvalue weighted by Crippen LogP contribution is -2.27. The van der Waals surface area contributed by atoms with Crippen LogP contribution in [-0.2, 0) is 9.63 Å². The van der Waals surface area contributed by atoms with Crippen molar-refractivity contribution < 1.29 is 19.2 Å². The monoisotopic (exact) mass is 264 g/mol. The number of fused-ring (bicyclic) bond motifs is 1. The number of rotatable bonds is 4. The molecule has 6 heteroatoms. The van der Waals surface area contributed by atoms with Crippen molar-refractivity contribution in [2.75, 3.05) is 18.5 Å². The minimum atomic E-state index is -0.358. The van der Waals surface area contributed by atoms with Crippen molar-refractivity contribution >= 4 is 17.5 Å². The van der Waals surface area contributed by atoms with E-state index in [2.05, 4.69) is 10.8 Å².